The molecule has 1 aliphatic rings. The van der Waals surface area contributed by atoms with Crippen LogP contribution in [0.2, 0.25) is 0 Å². The number of imidazole rings is 1. The molecule has 1 aliphatic carbocycles. The molecule has 2 N–H and O–H groups in total. The molecule has 0 unspecified atom stereocenters. The topological polar surface area (TPSA) is 53.1 Å². The summed E-state index contributed by atoms with van der Waals surface area (Å²) in [6, 6.07) is 8.17. The largest absolute Gasteiger partial charge is 0.360 e. The number of hydrogen-bond donors (Lipinski definition) is 1. The van der Waals surface area contributed by atoms with Crippen LogP contribution in [0.3, 0.4) is 0 Å². The predicted octanol–water partition coefficient (Wildman–Crippen LogP) is 1.92. The van der Waals surface area contributed by atoms with Crippen molar-refractivity contribution in [2.24, 2.45) is 11.7 Å². The molecule has 4 nitrogen and oxygen atoms in total. The smallest absolute Gasteiger partial charge is 0.124 e. The van der Waals surface area contributed by atoms with E-state index in [1.807, 2.05) is 18.2 Å². The van der Waals surface area contributed by atoms with Crippen LogP contribution in [-0.2, 0) is 17.9 Å². The van der Waals surface area contributed by atoms with Gasteiger partial charge in [0.2, 0.25) is 0 Å². The molecule has 18 heavy (non-hydrogen) atoms. The third kappa shape index (κ3) is 2.40. The highest BCUT2D eigenvalue weighted by Crippen LogP contribution is 2.29. The highest BCUT2D eigenvalue weighted by atomic mass is 16.5. The number of aromatic nitrogens is 2. The molecular formula is C14H19N3O. The number of fused-ring (bicyclic) bond motifs is 1. The highest BCUT2D eigenvalue weighted by Gasteiger charge is 2.21. The molecule has 0 amide bonds. The van der Waals surface area contributed by atoms with Crippen molar-refractivity contribution >= 4 is 11.0 Å². The van der Waals surface area contributed by atoms with Gasteiger partial charge in [-0.1, -0.05) is 12.1 Å². The third-order valence-electron chi connectivity index (χ3n) is 3.37. The Morgan fingerprint density at radius 3 is 2.94 bits per heavy atom. The van der Waals surface area contributed by atoms with Crippen LogP contribution in [0.5, 0.6) is 0 Å². The zero-order chi connectivity index (χ0) is 12.4. The number of benzene rings is 1. The first-order valence-corrected chi connectivity index (χ1v) is 6.60. The van der Waals surface area contributed by atoms with E-state index in [1.165, 1.54) is 12.8 Å². The number of hydrogen-bond acceptors (Lipinski definition) is 3. The van der Waals surface area contributed by atoms with Gasteiger partial charge in [-0.25, -0.2) is 4.98 Å². The monoisotopic (exact) mass is 245 g/mol. The molecule has 4 heteroatoms. The van der Waals surface area contributed by atoms with Crippen molar-refractivity contribution in [1.82, 2.24) is 9.55 Å². The quantitative estimate of drug-likeness (QED) is 0.846. The summed E-state index contributed by atoms with van der Waals surface area (Å²) in [4.78, 5) is 4.62. The molecule has 1 aromatic carbocycles. The third-order valence-corrected chi connectivity index (χ3v) is 3.37. The Kier molecular flexibility index (Phi) is 3.30. The second kappa shape index (κ2) is 5.08. The summed E-state index contributed by atoms with van der Waals surface area (Å²) >= 11 is 0. The van der Waals surface area contributed by atoms with Crippen LogP contribution in [0.15, 0.2) is 24.3 Å². The van der Waals surface area contributed by atoms with Gasteiger partial charge < -0.3 is 15.0 Å². The molecule has 0 radical (unpaired) electrons. The predicted molar refractivity (Wildman–Crippen MR) is 71.2 cm³/mol. The summed E-state index contributed by atoms with van der Waals surface area (Å²) < 4.78 is 7.92. The number of nitrogens with two attached hydrogens (primary N) is 1. The fourth-order valence-corrected chi connectivity index (χ4v) is 2.18. The van der Waals surface area contributed by atoms with Gasteiger partial charge in [-0.2, -0.15) is 0 Å². The SMILES string of the molecule is NCCc1nc2ccccc2n1COCC1CC1. The molecule has 3 rings (SSSR count). The number of para-hydroxylation sites is 2. The van der Waals surface area contributed by atoms with E-state index < -0.39 is 0 Å². The van der Waals surface area contributed by atoms with E-state index in [1.54, 1.807) is 0 Å². The van der Waals surface area contributed by atoms with E-state index >= 15 is 0 Å². The Morgan fingerprint density at radius 1 is 1.33 bits per heavy atom. The maximum absolute atomic E-state index is 5.78. The van der Waals surface area contributed by atoms with Crippen LogP contribution in [-0.4, -0.2) is 22.7 Å². The summed E-state index contributed by atoms with van der Waals surface area (Å²) in [7, 11) is 0. The average Bonchev–Trinajstić information content (AvgIpc) is 3.14. The Labute approximate surface area is 107 Å². The summed E-state index contributed by atoms with van der Waals surface area (Å²) in [5.41, 5.74) is 7.80. The van der Waals surface area contributed by atoms with Crippen molar-refractivity contribution in [2.75, 3.05) is 13.2 Å². The van der Waals surface area contributed by atoms with Crippen molar-refractivity contribution in [2.45, 2.75) is 26.0 Å². The van der Waals surface area contributed by atoms with Crippen molar-refractivity contribution in [3.8, 4) is 0 Å². The maximum Gasteiger partial charge on any atom is 0.124 e. The minimum atomic E-state index is 0.590. The molecule has 2 aromatic rings. The van der Waals surface area contributed by atoms with Crippen molar-refractivity contribution in [3.63, 3.8) is 0 Å². The highest BCUT2D eigenvalue weighted by molar-refractivity contribution is 5.75. The van der Waals surface area contributed by atoms with Crippen molar-refractivity contribution < 1.29 is 4.74 Å². The van der Waals surface area contributed by atoms with Crippen molar-refractivity contribution in [3.05, 3.63) is 30.1 Å². The van der Waals surface area contributed by atoms with Crippen LogP contribution < -0.4 is 5.73 Å². The summed E-state index contributed by atoms with van der Waals surface area (Å²) in [5.74, 6) is 1.81. The molecule has 96 valence electrons. The first kappa shape index (κ1) is 11.7. The molecular weight excluding hydrogens is 226 g/mol. The number of rotatable bonds is 6. The number of ether oxygens (including phenoxy) is 1. The maximum atomic E-state index is 5.78. The fraction of sp³-hybridized carbons (Fsp3) is 0.500. The Hall–Kier alpha value is -1.39. The van der Waals surface area contributed by atoms with Crippen LogP contribution >= 0.6 is 0 Å². The summed E-state index contributed by atoms with van der Waals surface area (Å²) in [6.07, 6.45) is 3.43. The summed E-state index contributed by atoms with van der Waals surface area (Å²) in [5, 5.41) is 0. The van der Waals surface area contributed by atoms with E-state index in [0.29, 0.717) is 13.3 Å². The second-order valence-corrected chi connectivity index (χ2v) is 4.93. The zero-order valence-electron chi connectivity index (χ0n) is 10.5. The minimum absolute atomic E-state index is 0.590. The van der Waals surface area contributed by atoms with Gasteiger partial charge in [-0.3, -0.25) is 0 Å². The number of nitrogens with zero attached hydrogens (tertiary/aromatic N) is 2. The van der Waals surface area contributed by atoms with E-state index in [9.17, 15) is 0 Å². The summed E-state index contributed by atoms with van der Waals surface area (Å²) in [6.45, 7) is 2.08. The lowest BCUT2D eigenvalue weighted by Gasteiger charge is -2.09. The lowest BCUT2D eigenvalue weighted by atomic mass is 10.3. The molecule has 1 aromatic heterocycles. The van der Waals surface area contributed by atoms with E-state index in [-0.39, 0.29) is 0 Å². The zero-order valence-corrected chi connectivity index (χ0v) is 10.5. The molecule has 1 fully saturated rings. The van der Waals surface area contributed by atoms with E-state index in [2.05, 4.69) is 15.6 Å². The molecule has 0 spiro atoms. The Morgan fingerprint density at radius 2 is 2.17 bits per heavy atom. The van der Waals surface area contributed by atoms with Crippen LogP contribution in [0.4, 0.5) is 0 Å². The van der Waals surface area contributed by atoms with Crippen LogP contribution in [0.25, 0.3) is 11.0 Å². The standard InChI is InChI=1S/C14H19N3O/c15-8-7-14-16-12-3-1-2-4-13(12)17(14)10-18-9-11-5-6-11/h1-4,11H,5-10,15H2. The van der Waals surface area contributed by atoms with Gasteiger partial charge in [0.25, 0.3) is 0 Å². The lowest BCUT2D eigenvalue weighted by molar-refractivity contribution is 0.0697. The molecule has 1 saturated carbocycles. The average molecular weight is 245 g/mol. The van der Waals surface area contributed by atoms with Crippen LogP contribution in [0, 0.1) is 5.92 Å². The van der Waals surface area contributed by atoms with Gasteiger partial charge in [0, 0.05) is 6.42 Å². The van der Waals surface area contributed by atoms with Gasteiger partial charge >= 0.3 is 0 Å². The van der Waals surface area contributed by atoms with Gasteiger partial charge in [0.1, 0.15) is 12.6 Å². The normalized spacial score (nSPS) is 15.4. The lowest BCUT2D eigenvalue weighted by Crippen LogP contribution is -2.12. The Bertz CT molecular complexity index is 531. The minimum Gasteiger partial charge on any atom is -0.360 e. The van der Waals surface area contributed by atoms with Crippen molar-refractivity contribution in [1.29, 1.82) is 0 Å². The van der Waals surface area contributed by atoms with Gasteiger partial charge in [-0.05, 0) is 37.4 Å². The van der Waals surface area contributed by atoms with Crippen LogP contribution in [0.1, 0.15) is 18.7 Å². The van der Waals surface area contributed by atoms with Gasteiger partial charge in [-0.15, -0.1) is 0 Å². The Balaban J connectivity index is 1.82. The molecule has 0 atom stereocenters. The van der Waals surface area contributed by atoms with Gasteiger partial charge in [0.15, 0.2) is 0 Å². The first-order chi connectivity index (χ1) is 8.88. The second-order valence-electron chi connectivity index (χ2n) is 4.93. The molecule has 0 saturated heterocycles. The fourth-order valence-electron chi connectivity index (χ4n) is 2.18. The van der Waals surface area contributed by atoms with E-state index in [4.69, 9.17) is 10.5 Å². The molecule has 0 bridgehead atoms. The first-order valence-electron chi connectivity index (χ1n) is 6.60. The molecule has 1 heterocycles. The molecule has 0 aliphatic heterocycles. The van der Waals surface area contributed by atoms with E-state index in [0.717, 1.165) is 35.8 Å². The van der Waals surface area contributed by atoms with Gasteiger partial charge in [0.05, 0.1) is 17.6 Å².